The van der Waals surface area contributed by atoms with E-state index in [0.717, 1.165) is 19.5 Å². The van der Waals surface area contributed by atoms with Crippen molar-refractivity contribution >= 4 is 17.6 Å². The molecule has 72 valence electrons. The quantitative estimate of drug-likeness (QED) is 0.753. The van der Waals surface area contributed by atoms with E-state index in [9.17, 15) is 0 Å². The van der Waals surface area contributed by atoms with Crippen LogP contribution in [0.3, 0.4) is 0 Å². The molecular weight excluding hydrogens is 192 g/mol. The first-order valence-electron chi connectivity index (χ1n) is 4.96. The fourth-order valence-corrected chi connectivity index (χ4v) is 3.27. The molecular formula is C11H12N2S. The molecule has 2 aliphatic rings. The summed E-state index contributed by atoms with van der Waals surface area (Å²) < 4.78 is 0. The summed E-state index contributed by atoms with van der Waals surface area (Å²) in [7, 11) is 0. The number of aliphatic imine (C=N–C) groups is 1. The van der Waals surface area contributed by atoms with Crippen molar-refractivity contribution in [3.63, 3.8) is 0 Å². The Hall–Kier alpha value is -0.960. The third-order valence-corrected chi connectivity index (χ3v) is 3.98. The highest BCUT2D eigenvalue weighted by atomic mass is 32.2. The predicted molar refractivity (Wildman–Crippen MR) is 60.1 cm³/mol. The molecule has 0 amide bonds. The summed E-state index contributed by atoms with van der Waals surface area (Å²) in [5, 5.41) is 3.90. The van der Waals surface area contributed by atoms with Crippen molar-refractivity contribution in [3.8, 4) is 0 Å². The van der Waals surface area contributed by atoms with E-state index in [1.54, 1.807) is 0 Å². The van der Waals surface area contributed by atoms with Crippen LogP contribution in [0.1, 0.15) is 5.56 Å². The van der Waals surface area contributed by atoms with E-state index >= 15 is 0 Å². The summed E-state index contributed by atoms with van der Waals surface area (Å²) in [4.78, 5) is 5.91. The van der Waals surface area contributed by atoms with Gasteiger partial charge in [0.05, 0.1) is 11.8 Å². The smallest absolute Gasteiger partial charge is 0.110 e. The molecule has 0 aliphatic carbocycles. The molecule has 1 atom stereocenters. The first kappa shape index (κ1) is 8.36. The minimum absolute atomic E-state index is 0.537. The first-order chi connectivity index (χ1) is 6.93. The maximum atomic E-state index is 4.49. The van der Waals surface area contributed by atoms with Crippen LogP contribution >= 0.6 is 11.8 Å². The fourth-order valence-electron chi connectivity index (χ4n) is 1.97. The van der Waals surface area contributed by atoms with Crippen LogP contribution in [0, 0.1) is 0 Å². The van der Waals surface area contributed by atoms with Crippen LogP contribution in [0.5, 0.6) is 0 Å². The van der Waals surface area contributed by atoms with Crippen molar-refractivity contribution in [3.05, 3.63) is 29.8 Å². The highest BCUT2D eigenvalue weighted by molar-refractivity contribution is 8.01. The van der Waals surface area contributed by atoms with Crippen LogP contribution in [-0.2, 0) is 6.42 Å². The Morgan fingerprint density at radius 3 is 3.07 bits per heavy atom. The van der Waals surface area contributed by atoms with Crippen molar-refractivity contribution in [2.75, 3.05) is 13.1 Å². The SMILES string of the molecule is c1ccc2c(c1)CC(C1=NCCN1)S2. The zero-order valence-corrected chi connectivity index (χ0v) is 8.68. The van der Waals surface area contributed by atoms with Gasteiger partial charge in [0.1, 0.15) is 5.84 Å². The number of nitrogens with zero attached hydrogens (tertiary/aromatic N) is 1. The molecule has 0 fully saturated rings. The number of hydrogen-bond donors (Lipinski definition) is 1. The molecule has 1 unspecified atom stereocenters. The van der Waals surface area contributed by atoms with Gasteiger partial charge >= 0.3 is 0 Å². The van der Waals surface area contributed by atoms with Crippen LogP contribution in [0.4, 0.5) is 0 Å². The minimum Gasteiger partial charge on any atom is -0.371 e. The van der Waals surface area contributed by atoms with Gasteiger partial charge in [-0.05, 0) is 18.1 Å². The molecule has 0 bridgehead atoms. The molecule has 1 aromatic carbocycles. The summed E-state index contributed by atoms with van der Waals surface area (Å²) in [5.41, 5.74) is 1.47. The van der Waals surface area contributed by atoms with E-state index in [1.165, 1.54) is 16.3 Å². The maximum Gasteiger partial charge on any atom is 0.110 e. The van der Waals surface area contributed by atoms with Crippen LogP contribution in [0.2, 0.25) is 0 Å². The van der Waals surface area contributed by atoms with Crippen molar-refractivity contribution in [1.82, 2.24) is 5.32 Å². The van der Waals surface area contributed by atoms with Gasteiger partial charge in [-0.1, -0.05) is 18.2 Å². The Labute approximate surface area is 87.8 Å². The van der Waals surface area contributed by atoms with Gasteiger partial charge in [-0.3, -0.25) is 4.99 Å². The topological polar surface area (TPSA) is 24.4 Å². The van der Waals surface area contributed by atoms with E-state index in [2.05, 4.69) is 34.6 Å². The van der Waals surface area contributed by atoms with Crippen LogP contribution < -0.4 is 5.32 Å². The van der Waals surface area contributed by atoms with E-state index in [1.807, 2.05) is 11.8 Å². The largest absolute Gasteiger partial charge is 0.371 e. The Kier molecular flexibility index (Phi) is 1.98. The van der Waals surface area contributed by atoms with Gasteiger partial charge in [-0.15, -0.1) is 11.8 Å². The highest BCUT2D eigenvalue weighted by Crippen LogP contribution is 2.37. The molecule has 0 spiro atoms. The second-order valence-electron chi connectivity index (χ2n) is 3.61. The molecule has 3 heteroatoms. The lowest BCUT2D eigenvalue weighted by Crippen LogP contribution is -2.28. The molecule has 0 aromatic heterocycles. The summed E-state index contributed by atoms with van der Waals surface area (Å²) >= 11 is 1.94. The van der Waals surface area contributed by atoms with Crippen LogP contribution in [0.25, 0.3) is 0 Å². The molecule has 1 N–H and O–H groups in total. The van der Waals surface area contributed by atoms with Gasteiger partial charge in [0, 0.05) is 11.4 Å². The Bertz CT molecular complexity index is 362. The molecule has 14 heavy (non-hydrogen) atoms. The second kappa shape index (κ2) is 3.31. The highest BCUT2D eigenvalue weighted by Gasteiger charge is 2.27. The molecule has 0 radical (unpaired) electrons. The zero-order chi connectivity index (χ0) is 9.38. The van der Waals surface area contributed by atoms with Gasteiger partial charge in [-0.2, -0.15) is 0 Å². The molecule has 0 saturated carbocycles. The average Bonchev–Trinajstić information content (AvgIpc) is 2.86. The number of thioether (sulfide) groups is 1. The first-order valence-corrected chi connectivity index (χ1v) is 5.84. The van der Waals surface area contributed by atoms with E-state index < -0.39 is 0 Å². The van der Waals surface area contributed by atoms with Crippen molar-refractivity contribution in [1.29, 1.82) is 0 Å². The molecule has 0 saturated heterocycles. The van der Waals surface area contributed by atoms with E-state index in [-0.39, 0.29) is 0 Å². The number of fused-ring (bicyclic) bond motifs is 1. The lowest BCUT2D eigenvalue weighted by molar-refractivity contribution is 0.942. The van der Waals surface area contributed by atoms with Crippen molar-refractivity contribution in [2.45, 2.75) is 16.6 Å². The lowest BCUT2D eigenvalue weighted by atomic mass is 10.1. The van der Waals surface area contributed by atoms with Crippen molar-refractivity contribution in [2.24, 2.45) is 4.99 Å². The molecule has 2 aliphatic heterocycles. The third-order valence-electron chi connectivity index (χ3n) is 2.65. The predicted octanol–water partition coefficient (Wildman–Crippen LogP) is 1.71. The normalized spacial score (nSPS) is 24.3. The standard InChI is InChI=1S/C11H12N2S/c1-2-4-9-8(3-1)7-10(14-9)11-12-5-6-13-11/h1-4,10H,5-7H2,(H,12,13). The second-order valence-corrected chi connectivity index (χ2v) is 4.86. The fraction of sp³-hybridized carbons (Fsp3) is 0.364. The number of benzene rings is 1. The van der Waals surface area contributed by atoms with Crippen molar-refractivity contribution < 1.29 is 0 Å². The summed E-state index contributed by atoms with van der Waals surface area (Å²) in [5.74, 6) is 1.20. The average molecular weight is 204 g/mol. The monoisotopic (exact) mass is 204 g/mol. The maximum absolute atomic E-state index is 4.49. The van der Waals surface area contributed by atoms with Crippen LogP contribution in [0.15, 0.2) is 34.2 Å². The van der Waals surface area contributed by atoms with Gasteiger partial charge in [-0.25, -0.2) is 0 Å². The number of amidine groups is 1. The van der Waals surface area contributed by atoms with Gasteiger partial charge < -0.3 is 5.32 Å². The lowest BCUT2D eigenvalue weighted by Gasteiger charge is -2.08. The molecule has 2 heterocycles. The summed E-state index contributed by atoms with van der Waals surface area (Å²) in [6.07, 6.45) is 1.13. The van der Waals surface area contributed by atoms with Gasteiger partial charge in [0.25, 0.3) is 0 Å². The molecule has 3 rings (SSSR count). The van der Waals surface area contributed by atoms with Gasteiger partial charge in [0.2, 0.25) is 0 Å². The summed E-state index contributed by atoms with van der Waals surface area (Å²) in [6, 6.07) is 8.65. The van der Waals surface area contributed by atoms with Crippen LogP contribution in [-0.4, -0.2) is 24.2 Å². The number of rotatable bonds is 1. The van der Waals surface area contributed by atoms with Gasteiger partial charge in [0.15, 0.2) is 0 Å². The Morgan fingerprint density at radius 1 is 1.36 bits per heavy atom. The Morgan fingerprint density at radius 2 is 2.29 bits per heavy atom. The van der Waals surface area contributed by atoms with E-state index in [4.69, 9.17) is 0 Å². The minimum atomic E-state index is 0.537. The Balaban J connectivity index is 1.84. The number of hydrogen-bond acceptors (Lipinski definition) is 3. The zero-order valence-electron chi connectivity index (χ0n) is 7.86. The molecule has 2 nitrogen and oxygen atoms in total. The summed E-state index contributed by atoms with van der Waals surface area (Å²) in [6.45, 7) is 1.96. The molecule has 1 aromatic rings. The third kappa shape index (κ3) is 1.32. The number of nitrogens with one attached hydrogen (secondary N) is 1. The van der Waals surface area contributed by atoms with E-state index in [0.29, 0.717) is 5.25 Å².